The number of hydrogen-bond donors (Lipinski definition) is 1. The molecule has 0 bridgehead atoms. The van der Waals surface area contributed by atoms with Gasteiger partial charge in [-0.05, 0) is 31.0 Å². The summed E-state index contributed by atoms with van der Waals surface area (Å²) in [6.07, 6.45) is 0.381. The maximum Gasteiger partial charge on any atom is 0.242 e. The van der Waals surface area contributed by atoms with Crippen molar-refractivity contribution in [2.75, 3.05) is 12.3 Å². The second-order valence-corrected chi connectivity index (χ2v) is 7.98. The standard InChI is InChI=1S/C22H27ClN2O2S/c1-3-24-22(27)17(2)25(15-19-11-7-8-12-20(19)23)21(26)13-14-28-16-18-9-5-4-6-10-18/h4-12,17H,3,13-16H2,1-2H3,(H,24,27). The van der Waals surface area contributed by atoms with E-state index in [2.05, 4.69) is 17.4 Å². The molecule has 2 aromatic carbocycles. The molecule has 2 aromatic rings. The van der Waals surface area contributed by atoms with Gasteiger partial charge in [-0.15, -0.1) is 0 Å². The molecule has 0 aliphatic rings. The van der Waals surface area contributed by atoms with Crippen molar-refractivity contribution in [1.82, 2.24) is 10.2 Å². The number of halogens is 1. The summed E-state index contributed by atoms with van der Waals surface area (Å²) in [5, 5.41) is 3.40. The minimum Gasteiger partial charge on any atom is -0.355 e. The molecule has 0 aromatic heterocycles. The van der Waals surface area contributed by atoms with Crippen LogP contribution in [0.3, 0.4) is 0 Å². The first kappa shape index (κ1) is 22.3. The monoisotopic (exact) mass is 418 g/mol. The number of likely N-dealkylation sites (N-methyl/N-ethyl adjacent to an activating group) is 1. The van der Waals surface area contributed by atoms with Crippen LogP contribution in [0.1, 0.15) is 31.4 Å². The molecule has 2 amide bonds. The number of rotatable bonds is 10. The van der Waals surface area contributed by atoms with Crippen LogP contribution in [0.15, 0.2) is 54.6 Å². The third-order valence-corrected chi connectivity index (χ3v) is 5.79. The Morgan fingerprint density at radius 1 is 1.11 bits per heavy atom. The topological polar surface area (TPSA) is 49.4 Å². The molecule has 2 rings (SSSR count). The summed E-state index contributed by atoms with van der Waals surface area (Å²) >= 11 is 7.99. The second-order valence-electron chi connectivity index (χ2n) is 6.47. The molecule has 0 heterocycles. The van der Waals surface area contributed by atoms with E-state index in [4.69, 9.17) is 11.6 Å². The zero-order chi connectivity index (χ0) is 20.4. The highest BCUT2D eigenvalue weighted by molar-refractivity contribution is 7.98. The predicted molar refractivity (Wildman–Crippen MR) is 117 cm³/mol. The normalized spacial score (nSPS) is 11.7. The minimum absolute atomic E-state index is 0.0424. The van der Waals surface area contributed by atoms with E-state index in [0.717, 1.165) is 11.3 Å². The molecule has 0 saturated heterocycles. The van der Waals surface area contributed by atoms with Gasteiger partial charge in [0.05, 0.1) is 0 Å². The SMILES string of the molecule is CCNC(=O)C(C)N(Cc1ccccc1Cl)C(=O)CCSCc1ccccc1. The molecule has 150 valence electrons. The van der Waals surface area contributed by atoms with E-state index in [1.54, 1.807) is 29.7 Å². The first-order chi connectivity index (χ1) is 13.5. The third kappa shape index (κ3) is 6.88. The zero-order valence-corrected chi connectivity index (χ0v) is 17.9. The van der Waals surface area contributed by atoms with E-state index in [1.807, 2.05) is 43.3 Å². The van der Waals surface area contributed by atoms with Crippen molar-refractivity contribution < 1.29 is 9.59 Å². The first-order valence-electron chi connectivity index (χ1n) is 9.45. The van der Waals surface area contributed by atoms with Crippen LogP contribution in [0.2, 0.25) is 5.02 Å². The lowest BCUT2D eigenvalue weighted by Crippen LogP contribution is -2.47. The van der Waals surface area contributed by atoms with Crippen molar-refractivity contribution in [3.63, 3.8) is 0 Å². The molecule has 1 N–H and O–H groups in total. The highest BCUT2D eigenvalue weighted by Crippen LogP contribution is 2.20. The van der Waals surface area contributed by atoms with E-state index in [9.17, 15) is 9.59 Å². The Morgan fingerprint density at radius 3 is 2.46 bits per heavy atom. The number of benzene rings is 2. The Balaban J connectivity index is 1.99. The van der Waals surface area contributed by atoms with Gasteiger partial charge in [0.2, 0.25) is 11.8 Å². The van der Waals surface area contributed by atoms with Gasteiger partial charge in [0, 0.05) is 36.0 Å². The first-order valence-corrected chi connectivity index (χ1v) is 11.0. The average Bonchev–Trinajstić information content (AvgIpc) is 2.71. The van der Waals surface area contributed by atoms with Crippen molar-refractivity contribution in [3.8, 4) is 0 Å². The summed E-state index contributed by atoms with van der Waals surface area (Å²) in [5.74, 6) is 1.37. The summed E-state index contributed by atoms with van der Waals surface area (Å²) < 4.78 is 0. The molecular formula is C22H27ClN2O2S. The van der Waals surface area contributed by atoms with Crippen LogP contribution in [0, 0.1) is 0 Å². The molecule has 4 nitrogen and oxygen atoms in total. The van der Waals surface area contributed by atoms with E-state index in [-0.39, 0.29) is 11.8 Å². The summed E-state index contributed by atoms with van der Waals surface area (Å²) in [5.41, 5.74) is 2.08. The zero-order valence-electron chi connectivity index (χ0n) is 16.4. The van der Waals surface area contributed by atoms with Crippen LogP contribution < -0.4 is 5.32 Å². The molecule has 0 fully saturated rings. The van der Waals surface area contributed by atoms with Gasteiger partial charge in [0.25, 0.3) is 0 Å². The summed E-state index contributed by atoms with van der Waals surface area (Å²) in [6.45, 7) is 4.48. The highest BCUT2D eigenvalue weighted by atomic mass is 35.5. The number of nitrogens with one attached hydrogen (secondary N) is 1. The van der Waals surface area contributed by atoms with Crippen molar-refractivity contribution in [2.45, 2.75) is 38.6 Å². The Labute approximate surface area is 176 Å². The molecule has 0 saturated carbocycles. The number of carbonyl (C=O) groups excluding carboxylic acids is 2. The van der Waals surface area contributed by atoms with Gasteiger partial charge < -0.3 is 10.2 Å². The molecule has 0 radical (unpaired) electrons. The van der Waals surface area contributed by atoms with Crippen LogP contribution in [0.4, 0.5) is 0 Å². The fraction of sp³-hybridized carbons (Fsp3) is 0.364. The predicted octanol–water partition coefficient (Wildman–Crippen LogP) is 4.52. The van der Waals surface area contributed by atoms with Gasteiger partial charge in [-0.25, -0.2) is 0 Å². The lowest BCUT2D eigenvalue weighted by atomic mass is 10.1. The van der Waals surface area contributed by atoms with Gasteiger partial charge in [-0.2, -0.15) is 11.8 Å². The van der Waals surface area contributed by atoms with Gasteiger partial charge in [0.15, 0.2) is 0 Å². The molecule has 1 unspecified atom stereocenters. The van der Waals surface area contributed by atoms with Crippen molar-refractivity contribution in [2.24, 2.45) is 0 Å². The lowest BCUT2D eigenvalue weighted by molar-refractivity contribution is -0.140. The fourth-order valence-corrected chi connectivity index (χ4v) is 3.87. The van der Waals surface area contributed by atoms with E-state index in [0.29, 0.717) is 30.3 Å². The van der Waals surface area contributed by atoms with Crippen LogP contribution in [0.5, 0.6) is 0 Å². The maximum atomic E-state index is 12.9. The largest absolute Gasteiger partial charge is 0.355 e. The van der Waals surface area contributed by atoms with Gasteiger partial charge in [-0.1, -0.05) is 60.1 Å². The molecule has 1 atom stereocenters. The lowest BCUT2D eigenvalue weighted by Gasteiger charge is -2.29. The van der Waals surface area contributed by atoms with Crippen LogP contribution >= 0.6 is 23.4 Å². The molecule has 0 aliphatic carbocycles. The van der Waals surface area contributed by atoms with Crippen molar-refractivity contribution >= 4 is 35.2 Å². The van der Waals surface area contributed by atoms with E-state index in [1.165, 1.54) is 5.56 Å². The van der Waals surface area contributed by atoms with Gasteiger partial charge in [0.1, 0.15) is 6.04 Å². The Bertz CT molecular complexity index is 770. The van der Waals surface area contributed by atoms with Crippen LogP contribution in [0.25, 0.3) is 0 Å². The van der Waals surface area contributed by atoms with Crippen LogP contribution in [-0.2, 0) is 21.9 Å². The number of hydrogen-bond acceptors (Lipinski definition) is 3. The Morgan fingerprint density at radius 2 is 1.79 bits per heavy atom. The number of amides is 2. The summed E-state index contributed by atoms with van der Waals surface area (Å²) in [6, 6.07) is 17.0. The van der Waals surface area contributed by atoms with E-state index < -0.39 is 6.04 Å². The fourth-order valence-electron chi connectivity index (χ4n) is 2.78. The summed E-state index contributed by atoms with van der Waals surface area (Å²) in [7, 11) is 0. The minimum atomic E-state index is -0.553. The quantitative estimate of drug-likeness (QED) is 0.577. The second kappa shape index (κ2) is 11.8. The van der Waals surface area contributed by atoms with Crippen molar-refractivity contribution in [1.29, 1.82) is 0 Å². The Kier molecular flexibility index (Phi) is 9.38. The van der Waals surface area contributed by atoms with E-state index >= 15 is 0 Å². The van der Waals surface area contributed by atoms with Crippen molar-refractivity contribution in [3.05, 3.63) is 70.7 Å². The Hall–Kier alpha value is -1.98. The van der Waals surface area contributed by atoms with Gasteiger partial charge in [-0.3, -0.25) is 9.59 Å². The number of carbonyl (C=O) groups is 2. The molecule has 6 heteroatoms. The molecular weight excluding hydrogens is 392 g/mol. The number of nitrogens with zero attached hydrogens (tertiary/aromatic N) is 1. The maximum absolute atomic E-state index is 12.9. The van der Waals surface area contributed by atoms with Gasteiger partial charge >= 0.3 is 0 Å². The third-order valence-electron chi connectivity index (χ3n) is 4.39. The molecule has 28 heavy (non-hydrogen) atoms. The molecule has 0 spiro atoms. The average molecular weight is 419 g/mol. The number of thioether (sulfide) groups is 1. The molecule has 0 aliphatic heterocycles. The highest BCUT2D eigenvalue weighted by Gasteiger charge is 2.26. The smallest absolute Gasteiger partial charge is 0.242 e. The van der Waals surface area contributed by atoms with Crippen LogP contribution in [-0.4, -0.2) is 35.1 Å². The summed E-state index contributed by atoms with van der Waals surface area (Å²) in [4.78, 5) is 26.9.